The average Bonchev–Trinajstić information content (AvgIpc) is 3.10. The fourth-order valence-corrected chi connectivity index (χ4v) is 3.15. The lowest BCUT2D eigenvalue weighted by Gasteiger charge is -2.12. The molecule has 2 aromatic carbocycles. The molecule has 1 unspecified atom stereocenters. The summed E-state index contributed by atoms with van der Waals surface area (Å²) >= 11 is 3.47. The van der Waals surface area contributed by atoms with Crippen LogP contribution in [-0.2, 0) is 16.0 Å². The molecule has 1 saturated heterocycles. The third-order valence-electron chi connectivity index (χ3n) is 4.04. The number of hydrogen-bond acceptors (Lipinski definition) is 3. The van der Waals surface area contributed by atoms with E-state index in [0.717, 1.165) is 47.4 Å². The number of nitrogens with one attached hydrogen (secondary N) is 2. The van der Waals surface area contributed by atoms with Gasteiger partial charge in [-0.1, -0.05) is 34.1 Å². The molecule has 1 aliphatic heterocycles. The topological polar surface area (TPSA) is 50.4 Å². The number of carbonyl (C=O) groups excluding carboxylic acids is 1. The van der Waals surface area contributed by atoms with Crippen LogP contribution in [0.1, 0.15) is 18.4 Å². The van der Waals surface area contributed by atoms with Gasteiger partial charge in [0.1, 0.15) is 0 Å². The molecule has 1 fully saturated rings. The Bertz CT molecular complexity index is 682. The Morgan fingerprint density at radius 1 is 1.12 bits per heavy atom. The Morgan fingerprint density at radius 3 is 2.58 bits per heavy atom. The summed E-state index contributed by atoms with van der Waals surface area (Å²) in [5.41, 5.74) is 2.81. The number of hydrogen-bond donors (Lipinski definition) is 2. The molecule has 0 spiro atoms. The minimum Gasteiger partial charge on any atom is -0.382 e. The van der Waals surface area contributed by atoms with Crippen molar-refractivity contribution in [1.29, 1.82) is 0 Å². The van der Waals surface area contributed by atoms with Gasteiger partial charge >= 0.3 is 0 Å². The molecule has 1 heterocycles. The summed E-state index contributed by atoms with van der Waals surface area (Å²) in [6.45, 7) is 1.70. The largest absolute Gasteiger partial charge is 0.382 e. The molecule has 2 aromatic rings. The molecule has 24 heavy (non-hydrogen) atoms. The van der Waals surface area contributed by atoms with E-state index in [1.165, 1.54) is 0 Å². The summed E-state index contributed by atoms with van der Waals surface area (Å²) < 4.78 is 6.55. The van der Waals surface area contributed by atoms with Crippen LogP contribution in [0.3, 0.4) is 0 Å². The highest BCUT2D eigenvalue weighted by Gasteiger charge is 2.14. The number of carbonyl (C=O) groups is 1. The molecular weight excluding hydrogens is 368 g/mol. The van der Waals surface area contributed by atoms with Gasteiger partial charge in [-0.2, -0.15) is 0 Å². The van der Waals surface area contributed by atoms with Gasteiger partial charge in [0.25, 0.3) is 0 Å². The number of halogens is 1. The zero-order chi connectivity index (χ0) is 16.8. The van der Waals surface area contributed by atoms with Gasteiger partial charge < -0.3 is 15.4 Å². The number of amides is 1. The fraction of sp³-hybridized carbons (Fsp3) is 0.316. The second-order valence-corrected chi connectivity index (χ2v) is 6.76. The summed E-state index contributed by atoms with van der Waals surface area (Å²) in [5.74, 6) is -0.0260. The smallest absolute Gasteiger partial charge is 0.228 e. The van der Waals surface area contributed by atoms with Crippen molar-refractivity contribution in [2.45, 2.75) is 25.4 Å². The van der Waals surface area contributed by atoms with Gasteiger partial charge in [0, 0.05) is 29.0 Å². The van der Waals surface area contributed by atoms with Crippen LogP contribution in [0.25, 0.3) is 0 Å². The van der Waals surface area contributed by atoms with Crippen molar-refractivity contribution in [3.63, 3.8) is 0 Å². The maximum absolute atomic E-state index is 12.2. The molecule has 0 saturated carbocycles. The van der Waals surface area contributed by atoms with Crippen molar-refractivity contribution in [2.75, 3.05) is 23.8 Å². The molecule has 0 radical (unpaired) electrons. The summed E-state index contributed by atoms with van der Waals surface area (Å²) in [6, 6.07) is 15.5. The van der Waals surface area contributed by atoms with Crippen LogP contribution in [0.4, 0.5) is 11.4 Å². The molecule has 1 atom stereocenters. The number of ether oxygens (including phenoxy) is 1. The highest BCUT2D eigenvalue weighted by atomic mass is 79.9. The SMILES string of the molecule is O=C(Cc1ccccc1Br)Nc1ccc(NCC2CCCO2)cc1. The van der Waals surface area contributed by atoms with Crippen molar-refractivity contribution in [2.24, 2.45) is 0 Å². The number of rotatable bonds is 6. The average molecular weight is 389 g/mol. The Balaban J connectivity index is 1.50. The lowest BCUT2D eigenvalue weighted by atomic mass is 10.1. The molecule has 1 amide bonds. The first-order valence-corrected chi connectivity index (χ1v) is 8.99. The number of benzene rings is 2. The van der Waals surface area contributed by atoms with Crippen molar-refractivity contribution in [3.8, 4) is 0 Å². The van der Waals surface area contributed by atoms with Crippen LogP contribution in [0.5, 0.6) is 0 Å². The third kappa shape index (κ3) is 4.82. The molecule has 126 valence electrons. The second kappa shape index (κ2) is 8.31. The summed E-state index contributed by atoms with van der Waals surface area (Å²) in [6.07, 6.45) is 2.93. The monoisotopic (exact) mass is 388 g/mol. The van der Waals surface area contributed by atoms with E-state index in [1.54, 1.807) is 0 Å². The van der Waals surface area contributed by atoms with Crippen LogP contribution in [0.2, 0.25) is 0 Å². The summed E-state index contributed by atoms with van der Waals surface area (Å²) in [7, 11) is 0. The molecule has 2 N–H and O–H groups in total. The summed E-state index contributed by atoms with van der Waals surface area (Å²) in [4.78, 5) is 12.2. The van der Waals surface area contributed by atoms with E-state index in [2.05, 4.69) is 26.6 Å². The van der Waals surface area contributed by atoms with E-state index in [-0.39, 0.29) is 5.91 Å². The molecule has 0 aromatic heterocycles. The van der Waals surface area contributed by atoms with Crippen molar-refractivity contribution in [3.05, 3.63) is 58.6 Å². The zero-order valence-corrected chi connectivity index (χ0v) is 15.0. The lowest BCUT2D eigenvalue weighted by Crippen LogP contribution is -2.18. The summed E-state index contributed by atoms with van der Waals surface area (Å²) in [5, 5.41) is 6.30. The molecule has 0 bridgehead atoms. The van der Waals surface area contributed by atoms with Gasteiger partial charge in [0.15, 0.2) is 0 Å². The zero-order valence-electron chi connectivity index (χ0n) is 13.4. The highest BCUT2D eigenvalue weighted by molar-refractivity contribution is 9.10. The van der Waals surface area contributed by atoms with Gasteiger partial charge in [-0.05, 0) is 48.7 Å². The quantitative estimate of drug-likeness (QED) is 0.778. The number of anilines is 2. The van der Waals surface area contributed by atoms with E-state index in [9.17, 15) is 4.79 Å². The molecule has 5 heteroatoms. The van der Waals surface area contributed by atoms with Crippen molar-refractivity contribution < 1.29 is 9.53 Å². The van der Waals surface area contributed by atoms with E-state index in [1.807, 2.05) is 48.5 Å². The fourth-order valence-electron chi connectivity index (χ4n) is 2.73. The van der Waals surface area contributed by atoms with Crippen molar-refractivity contribution >= 4 is 33.2 Å². The Hall–Kier alpha value is -1.85. The van der Waals surface area contributed by atoms with Crippen LogP contribution < -0.4 is 10.6 Å². The minimum atomic E-state index is -0.0260. The van der Waals surface area contributed by atoms with Crippen LogP contribution in [0, 0.1) is 0 Å². The predicted octanol–water partition coefficient (Wildman–Crippen LogP) is 4.22. The normalized spacial score (nSPS) is 16.8. The van der Waals surface area contributed by atoms with E-state index in [4.69, 9.17) is 4.74 Å². The first-order valence-electron chi connectivity index (χ1n) is 8.19. The minimum absolute atomic E-state index is 0.0260. The Labute approximate surface area is 150 Å². The molecule has 1 aliphatic rings. The third-order valence-corrected chi connectivity index (χ3v) is 4.81. The van der Waals surface area contributed by atoms with Gasteiger partial charge in [0.05, 0.1) is 12.5 Å². The lowest BCUT2D eigenvalue weighted by molar-refractivity contribution is -0.115. The van der Waals surface area contributed by atoms with Gasteiger partial charge in [-0.3, -0.25) is 4.79 Å². The van der Waals surface area contributed by atoms with E-state index in [0.29, 0.717) is 12.5 Å². The first-order chi connectivity index (χ1) is 11.7. The standard InChI is InChI=1S/C19H21BrN2O2/c20-18-6-2-1-4-14(18)12-19(23)22-16-9-7-15(8-10-16)21-13-17-5-3-11-24-17/h1-2,4,6-10,17,21H,3,5,11-13H2,(H,22,23). The first kappa shape index (κ1) is 17.0. The second-order valence-electron chi connectivity index (χ2n) is 5.91. The molecule has 4 nitrogen and oxygen atoms in total. The molecular formula is C19H21BrN2O2. The predicted molar refractivity (Wildman–Crippen MR) is 100 cm³/mol. The van der Waals surface area contributed by atoms with Crippen LogP contribution >= 0.6 is 15.9 Å². The maximum Gasteiger partial charge on any atom is 0.228 e. The highest BCUT2D eigenvalue weighted by Crippen LogP contribution is 2.19. The van der Waals surface area contributed by atoms with Gasteiger partial charge in [-0.15, -0.1) is 0 Å². The molecule has 3 rings (SSSR count). The van der Waals surface area contributed by atoms with E-state index >= 15 is 0 Å². The van der Waals surface area contributed by atoms with Gasteiger partial charge in [0.2, 0.25) is 5.91 Å². The molecule has 0 aliphatic carbocycles. The Morgan fingerprint density at radius 2 is 1.88 bits per heavy atom. The van der Waals surface area contributed by atoms with E-state index < -0.39 is 0 Å². The van der Waals surface area contributed by atoms with Crippen LogP contribution in [0.15, 0.2) is 53.0 Å². The van der Waals surface area contributed by atoms with Crippen molar-refractivity contribution in [1.82, 2.24) is 0 Å². The maximum atomic E-state index is 12.2. The van der Waals surface area contributed by atoms with Crippen LogP contribution in [-0.4, -0.2) is 25.2 Å². The Kier molecular flexibility index (Phi) is 5.88. The van der Waals surface area contributed by atoms with Gasteiger partial charge in [-0.25, -0.2) is 0 Å².